The molecule has 0 aromatic heterocycles. The van der Waals surface area contributed by atoms with Gasteiger partial charge in [-0.2, -0.15) is 0 Å². The van der Waals surface area contributed by atoms with Gasteiger partial charge in [-0.3, -0.25) is 4.79 Å². The van der Waals surface area contributed by atoms with Crippen molar-refractivity contribution in [1.82, 2.24) is 0 Å². The lowest BCUT2D eigenvalue weighted by Crippen LogP contribution is -2.20. The third-order valence-corrected chi connectivity index (χ3v) is 3.68. The van der Waals surface area contributed by atoms with E-state index in [1.165, 1.54) is 0 Å². The molecule has 2 unspecified atom stereocenters. The summed E-state index contributed by atoms with van der Waals surface area (Å²) in [6.45, 7) is 0. The molecule has 2 aliphatic carbocycles. The first-order chi connectivity index (χ1) is 7.75. The van der Waals surface area contributed by atoms with Gasteiger partial charge in [0.1, 0.15) is 5.78 Å². The molecule has 1 nitrogen and oxygen atoms in total. The quantitative estimate of drug-likeness (QED) is 0.661. The summed E-state index contributed by atoms with van der Waals surface area (Å²) in [5, 5.41) is 0. The first kappa shape index (κ1) is 11.6. The normalized spacial score (nSPS) is 29.9. The Labute approximate surface area is 96.4 Å². The number of carbonyl (C=O) groups excluding carboxylic acids is 1. The average Bonchev–Trinajstić information content (AvgIpc) is 2.33. The van der Waals surface area contributed by atoms with E-state index in [0.717, 1.165) is 32.1 Å². The molecule has 2 aliphatic rings. The summed E-state index contributed by atoms with van der Waals surface area (Å²) < 4.78 is 12.8. The highest BCUT2D eigenvalue weighted by molar-refractivity contribution is 5.81. The van der Waals surface area contributed by atoms with E-state index in [2.05, 4.69) is 12.2 Å². The number of hydrogen-bond acceptors (Lipinski definition) is 1. The summed E-state index contributed by atoms with van der Waals surface area (Å²) in [6, 6.07) is 0. The summed E-state index contributed by atoms with van der Waals surface area (Å²) in [7, 11) is 0. The van der Waals surface area contributed by atoms with E-state index in [0.29, 0.717) is 24.5 Å². The minimum Gasteiger partial charge on any atom is -0.299 e. The average molecular weight is 222 g/mol. The van der Waals surface area contributed by atoms with Gasteiger partial charge in [-0.25, -0.2) is 4.39 Å². The Morgan fingerprint density at radius 2 is 2.19 bits per heavy atom. The molecular formula is C14H19FO. The van der Waals surface area contributed by atoms with Crippen LogP contribution in [0.5, 0.6) is 0 Å². The van der Waals surface area contributed by atoms with Crippen LogP contribution in [0.2, 0.25) is 0 Å². The molecule has 0 bridgehead atoms. The lowest BCUT2D eigenvalue weighted by Gasteiger charge is -2.22. The minimum absolute atomic E-state index is 0.00398. The zero-order chi connectivity index (χ0) is 11.4. The van der Waals surface area contributed by atoms with Crippen molar-refractivity contribution in [1.29, 1.82) is 0 Å². The molecule has 2 atom stereocenters. The smallest absolute Gasteiger partial charge is 0.136 e. The van der Waals surface area contributed by atoms with Gasteiger partial charge in [-0.15, -0.1) is 0 Å². The van der Waals surface area contributed by atoms with Crippen molar-refractivity contribution in [2.24, 2.45) is 11.8 Å². The molecule has 0 N–H and O–H groups in total. The fourth-order valence-electron chi connectivity index (χ4n) is 2.58. The Morgan fingerprint density at radius 1 is 1.31 bits per heavy atom. The van der Waals surface area contributed by atoms with Crippen LogP contribution in [0.25, 0.3) is 0 Å². The SMILES string of the molecule is O=C(CC1CC=C(F)CC1)C1CC=CCC1. The summed E-state index contributed by atoms with van der Waals surface area (Å²) in [5.41, 5.74) is 0. The number of halogens is 1. The Balaban J connectivity index is 1.81. The third-order valence-electron chi connectivity index (χ3n) is 3.68. The standard InChI is InChI=1S/C14H19FO/c15-13-8-6-11(7-9-13)10-14(16)12-4-2-1-3-5-12/h1-2,8,11-12H,3-7,9-10H2. The van der Waals surface area contributed by atoms with Crippen molar-refractivity contribution in [2.45, 2.75) is 44.9 Å². The summed E-state index contributed by atoms with van der Waals surface area (Å²) in [6.07, 6.45) is 11.7. The summed E-state index contributed by atoms with van der Waals surface area (Å²) >= 11 is 0. The molecule has 0 amide bonds. The van der Waals surface area contributed by atoms with E-state index in [9.17, 15) is 9.18 Å². The number of Topliss-reactive ketones (excluding diaryl/α,β-unsaturated/α-hetero) is 1. The van der Waals surface area contributed by atoms with Gasteiger partial charge in [-0.05, 0) is 44.4 Å². The van der Waals surface area contributed by atoms with Crippen molar-refractivity contribution in [3.8, 4) is 0 Å². The van der Waals surface area contributed by atoms with Crippen molar-refractivity contribution in [3.05, 3.63) is 24.1 Å². The van der Waals surface area contributed by atoms with E-state index >= 15 is 0 Å². The first-order valence-electron chi connectivity index (χ1n) is 6.28. The highest BCUT2D eigenvalue weighted by atomic mass is 19.1. The van der Waals surface area contributed by atoms with E-state index < -0.39 is 0 Å². The number of rotatable bonds is 3. The Hall–Kier alpha value is -0.920. The molecule has 0 saturated carbocycles. The summed E-state index contributed by atoms with van der Waals surface area (Å²) in [4.78, 5) is 12.0. The maximum absolute atomic E-state index is 12.8. The van der Waals surface area contributed by atoms with Crippen LogP contribution >= 0.6 is 0 Å². The molecule has 0 aliphatic heterocycles. The molecule has 88 valence electrons. The van der Waals surface area contributed by atoms with Crippen molar-refractivity contribution >= 4 is 5.78 Å². The molecule has 0 saturated heterocycles. The Kier molecular flexibility index (Phi) is 3.92. The highest BCUT2D eigenvalue weighted by Gasteiger charge is 2.23. The van der Waals surface area contributed by atoms with Crippen LogP contribution in [0.15, 0.2) is 24.1 Å². The third kappa shape index (κ3) is 3.03. The second-order valence-corrected chi connectivity index (χ2v) is 4.94. The number of ketones is 1. The highest BCUT2D eigenvalue weighted by Crippen LogP contribution is 2.29. The van der Waals surface area contributed by atoms with E-state index in [4.69, 9.17) is 0 Å². The van der Waals surface area contributed by atoms with Gasteiger partial charge in [0.05, 0.1) is 5.83 Å². The minimum atomic E-state index is 0.00398. The molecule has 0 spiro atoms. The van der Waals surface area contributed by atoms with E-state index in [1.54, 1.807) is 6.08 Å². The fourth-order valence-corrected chi connectivity index (χ4v) is 2.58. The molecule has 0 radical (unpaired) electrons. The molecule has 0 aromatic rings. The fraction of sp³-hybridized carbons (Fsp3) is 0.643. The molecular weight excluding hydrogens is 203 g/mol. The maximum Gasteiger partial charge on any atom is 0.136 e. The topological polar surface area (TPSA) is 17.1 Å². The van der Waals surface area contributed by atoms with Gasteiger partial charge < -0.3 is 0 Å². The lowest BCUT2D eigenvalue weighted by atomic mass is 9.82. The van der Waals surface area contributed by atoms with Gasteiger partial charge in [0, 0.05) is 12.3 Å². The van der Waals surface area contributed by atoms with Crippen molar-refractivity contribution < 1.29 is 9.18 Å². The molecule has 2 heteroatoms. The second kappa shape index (κ2) is 5.42. The second-order valence-electron chi connectivity index (χ2n) is 4.94. The largest absolute Gasteiger partial charge is 0.299 e. The lowest BCUT2D eigenvalue weighted by molar-refractivity contribution is -0.124. The van der Waals surface area contributed by atoms with Crippen LogP contribution in [0.3, 0.4) is 0 Å². The predicted octanol–water partition coefficient (Wildman–Crippen LogP) is 3.96. The Morgan fingerprint density at radius 3 is 2.81 bits per heavy atom. The number of allylic oxidation sites excluding steroid dienone is 4. The number of hydrogen-bond donors (Lipinski definition) is 0. The molecule has 0 heterocycles. The van der Waals surface area contributed by atoms with Gasteiger partial charge in [0.25, 0.3) is 0 Å². The van der Waals surface area contributed by atoms with E-state index in [1.807, 2.05) is 0 Å². The zero-order valence-electron chi connectivity index (χ0n) is 9.62. The molecule has 2 rings (SSSR count). The van der Waals surface area contributed by atoms with Crippen LogP contribution in [-0.2, 0) is 4.79 Å². The Bertz CT molecular complexity index is 317. The maximum atomic E-state index is 12.8. The van der Waals surface area contributed by atoms with Crippen LogP contribution in [0, 0.1) is 11.8 Å². The van der Waals surface area contributed by atoms with Gasteiger partial charge in [0.15, 0.2) is 0 Å². The monoisotopic (exact) mass is 222 g/mol. The van der Waals surface area contributed by atoms with Gasteiger partial charge in [-0.1, -0.05) is 18.2 Å². The van der Waals surface area contributed by atoms with Crippen LogP contribution in [-0.4, -0.2) is 5.78 Å². The van der Waals surface area contributed by atoms with Gasteiger partial charge in [0.2, 0.25) is 0 Å². The number of carbonyl (C=O) groups is 1. The first-order valence-corrected chi connectivity index (χ1v) is 6.28. The zero-order valence-corrected chi connectivity index (χ0v) is 9.62. The summed E-state index contributed by atoms with van der Waals surface area (Å²) in [5.74, 6) is 1.02. The van der Waals surface area contributed by atoms with Crippen molar-refractivity contribution in [2.75, 3.05) is 0 Å². The van der Waals surface area contributed by atoms with E-state index in [-0.39, 0.29) is 11.7 Å². The van der Waals surface area contributed by atoms with Gasteiger partial charge >= 0.3 is 0 Å². The predicted molar refractivity (Wildman–Crippen MR) is 62.6 cm³/mol. The van der Waals surface area contributed by atoms with Crippen molar-refractivity contribution in [3.63, 3.8) is 0 Å². The van der Waals surface area contributed by atoms with Crippen LogP contribution in [0.4, 0.5) is 4.39 Å². The molecule has 0 fully saturated rings. The van der Waals surface area contributed by atoms with Crippen LogP contribution < -0.4 is 0 Å². The molecule has 0 aromatic carbocycles. The molecule has 16 heavy (non-hydrogen) atoms. The van der Waals surface area contributed by atoms with Crippen LogP contribution in [0.1, 0.15) is 44.9 Å².